The van der Waals surface area contributed by atoms with E-state index in [0.717, 1.165) is 10.8 Å². The quantitative estimate of drug-likeness (QED) is 0.563. The zero-order valence-corrected chi connectivity index (χ0v) is 13.1. The maximum atomic E-state index is 11.0. The van der Waals surface area contributed by atoms with Crippen molar-refractivity contribution in [2.24, 2.45) is 0 Å². The van der Waals surface area contributed by atoms with E-state index in [4.69, 9.17) is 14.2 Å². The van der Waals surface area contributed by atoms with E-state index in [2.05, 4.69) is 15.9 Å². The minimum Gasteiger partial charge on any atom is -0.493 e. The molecular formula is C16H15BrO4. The van der Waals surface area contributed by atoms with Crippen molar-refractivity contribution in [3.8, 4) is 17.2 Å². The van der Waals surface area contributed by atoms with E-state index >= 15 is 0 Å². The number of aldehydes is 1. The molecule has 110 valence electrons. The van der Waals surface area contributed by atoms with Crippen LogP contribution in [0.1, 0.15) is 10.4 Å². The number of hydrogen-bond acceptors (Lipinski definition) is 4. The third-order valence-electron chi connectivity index (χ3n) is 2.77. The molecule has 0 amide bonds. The van der Waals surface area contributed by atoms with Gasteiger partial charge in [-0.25, -0.2) is 0 Å². The van der Waals surface area contributed by atoms with Gasteiger partial charge in [0.2, 0.25) is 0 Å². The van der Waals surface area contributed by atoms with Crippen LogP contribution in [0, 0.1) is 0 Å². The van der Waals surface area contributed by atoms with Gasteiger partial charge in [0.25, 0.3) is 0 Å². The van der Waals surface area contributed by atoms with Gasteiger partial charge in [0.1, 0.15) is 19.0 Å². The van der Waals surface area contributed by atoms with Crippen LogP contribution >= 0.6 is 15.9 Å². The first-order chi connectivity index (χ1) is 10.2. The number of carbonyl (C=O) groups excluding carboxylic acids is 1. The number of benzene rings is 2. The number of ether oxygens (including phenoxy) is 3. The molecule has 5 heteroatoms. The van der Waals surface area contributed by atoms with Crippen molar-refractivity contribution in [1.82, 2.24) is 0 Å². The van der Waals surface area contributed by atoms with Gasteiger partial charge in [-0.1, -0.05) is 28.1 Å². The second kappa shape index (κ2) is 7.69. The highest BCUT2D eigenvalue weighted by molar-refractivity contribution is 9.10. The topological polar surface area (TPSA) is 44.8 Å². The molecule has 21 heavy (non-hydrogen) atoms. The lowest BCUT2D eigenvalue weighted by atomic mass is 10.2. The highest BCUT2D eigenvalue weighted by atomic mass is 79.9. The number of methoxy groups -OCH3 is 1. The van der Waals surface area contributed by atoms with Gasteiger partial charge in [0.15, 0.2) is 17.8 Å². The number of para-hydroxylation sites is 2. The van der Waals surface area contributed by atoms with Crippen molar-refractivity contribution in [3.05, 3.63) is 52.5 Å². The Balaban J connectivity index is 1.89. The summed E-state index contributed by atoms with van der Waals surface area (Å²) in [6.45, 7) is 0.690. The first kappa shape index (κ1) is 15.4. The van der Waals surface area contributed by atoms with Gasteiger partial charge >= 0.3 is 0 Å². The van der Waals surface area contributed by atoms with Crippen LogP contribution in [-0.2, 0) is 0 Å². The third-order valence-corrected chi connectivity index (χ3v) is 3.26. The first-order valence-corrected chi connectivity index (χ1v) is 7.17. The molecule has 0 atom stereocenters. The molecule has 0 aliphatic carbocycles. The van der Waals surface area contributed by atoms with Gasteiger partial charge in [-0.3, -0.25) is 4.79 Å². The molecule has 0 heterocycles. The molecule has 0 radical (unpaired) electrons. The minimum atomic E-state index is 0.334. The molecule has 0 saturated carbocycles. The Kier molecular flexibility index (Phi) is 5.63. The molecule has 2 aromatic carbocycles. The summed E-state index contributed by atoms with van der Waals surface area (Å²) in [6, 6.07) is 12.7. The summed E-state index contributed by atoms with van der Waals surface area (Å²) in [5.74, 6) is 1.88. The van der Waals surface area contributed by atoms with Crippen molar-refractivity contribution < 1.29 is 19.0 Å². The van der Waals surface area contributed by atoms with Crippen LogP contribution in [0.5, 0.6) is 17.2 Å². The third kappa shape index (κ3) is 4.23. The lowest BCUT2D eigenvalue weighted by Crippen LogP contribution is -2.10. The number of rotatable bonds is 7. The Morgan fingerprint density at radius 1 is 1.00 bits per heavy atom. The second-order valence-corrected chi connectivity index (χ2v) is 5.06. The highest BCUT2D eigenvalue weighted by Gasteiger charge is 2.05. The van der Waals surface area contributed by atoms with E-state index in [0.29, 0.717) is 36.0 Å². The largest absolute Gasteiger partial charge is 0.493 e. The van der Waals surface area contributed by atoms with Crippen LogP contribution in [0.4, 0.5) is 0 Å². The molecule has 2 rings (SSSR count). The summed E-state index contributed by atoms with van der Waals surface area (Å²) < 4.78 is 17.2. The van der Waals surface area contributed by atoms with Gasteiger partial charge < -0.3 is 14.2 Å². The summed E-state index contributed by atoms with van der Waals surface area (Å²) in [7, 11) is 1.59. The van der Waals surface area contributed by atoms with E-state index in [1.54, 1.807) is 19.2 Å². The Labute approximate surface area is 131 Å². The molecular weight excluding hydrogens is 336 g/mol. The van der Waals surface area contributed by atoms with Gasteiger partial charge in [-0.05, 0) is 30.3 Å². The summed E-state index contributed by atoms with van der Waals surface area (Å²) in [5.41, 5.74) is 0.502. The normalized spacial score (nSPS) is 10.0. The van der Waals surface area contributed by atoms with E-state index in [9.17, 15) is 4.79 Å². The van der Waals surface area contributed by atoms with E-state index in [1.807, 2.05) is 30.3 Å². The average Bonchev–Trinajstić information content (AvgIpc) is 2.52. The average molecular weight is 351 g/mol. The molecule has 2 aromatic rings. The van der Waals surface area contributed by atoms with E-state index in [-0.39, 0.29) is 0 Å². The van der Waals surface area contributed by atoms with Gasteiger partial charge in [0.05, 0.1) is 12.7 Å². The molecule has 0 aliphatic rings. The Morgan fingerprint density at radius 2 is 1.67 bits per heavy atom. The Morgan fingerprint density at radius 3 is 2.33 bits per heavy atom. The van der Waals surface area contributed by atoms with Crippen LogP contribution in [-0.4, -0.2) is 26.6 Å². The summed E-state index contributed by atoms with van der Waals surface area (Å²) in [4.78, 5) is 11.0. The van der Waals surface area contributed by atoms with E-state index < -0.39 is 0 Å². The second-order valence-electron chi connectivity index (χ2n) is 4.15. The standard InChI is InChI=1S/C16H15BrO4/c1-19-15-4-2-3-5-16(15)21-9-8-20-14-7-6-13(17)10-12(14)11-18/h2-7,10-11H,8-9H2,1H3. The minimum absolute atomic E-state index is 0.334. The fourth-order valence-corrected chi connectivity index (χ4v) is 2.16. The predicted octanol–water partition coefficient (Wildman–Crippen LogP) is 3.73. The molecule has 0 aliphatic heterocycles. The van der Waals surface area contributed by atoms with Gasteiger partial charge in [-0.2, -0.15) is 0 Å². The lowest BCUT2D eigenvalue weighted by molar-refractivity contribution is 0.111. The van der Waals surface area contributed by atoms with Crippen molar-refractivity contribution in [1.29, 1.82) is 0 Å². The summed E-state index contributed by atoms with van der Waals surface area (Å²) in [5, 5.41) is 0. The Hall–Kier alpha value is -2.01. The van der Waals surface area contributed by atoms with Crippen LogP contribution in [0.25, 0.3) is 0 Å². The number of hydrogen-bond donors (Lipinski definition) is 0. The van der Waals surface area contributed by atoms with Crippen LogP contribution in [0.2, 0.25) is 0 Å². The van der Waals surface area contributed by atoms with Crippen LogP contribution in [0.15, 0.2) is 46.9 Å². The van der Waals surface area contributed by atoms with Crippen molar-refractivity contribution in [2.75, 3.05) is 20.3 Å². The number of carbonyl (C=O) groups is 1. The molecule has 0 fully saturated rings. The first-order valence-electron chi connectivity index (χ1n) is 6.38. The molecule has 4 nitrogen and oxygen atoms in total. The SMILES string of the molecule is COc1ccccc1OCCOc1ccc(Br)cc1C=O. The van der Waals surface area contributed by atoms with Gasteiger partial charge in [-0.15, -0.1) is 0 Å². The fraction of sp³-hybridized carbons (Fsp3) is 0.188. The molecule has 0 N–H and O–H groups in total. The van der Waals surface area contributed by atoms with Crippen molar-refractivity contribution in [2.45, 2.75) is 0 Å². The van der Waals surface area contributed by atoms with E-state index in [1.165, 1.54) is 0 Å². The monoisotopic (exact) mass is 350 g/mol. The molecule has 0 aromatic heterocycles. The van der Waals surface area contributed by atoms with Crippen LogP contribution in [0.3, 0.4) is 0 Å². The maximum Gasteiger partial charge on any atom is 0.161 e. The summed E-state index contributed by atoms with van der Waals surface area (Å²) >= 11 is 3.31. The highest BCUT2D eigenvalue weighted by Crippen LogP contribution is 2.26. The lowest BCUT2D eigenvalue weighted by Gasteiger charge is -2.12. The smallest absolute Gasteiger partial charge is 0.161 e. The molecule has 0 saturated heterocycles. The maximum absolute atomic E-state index is 11.0. The number of halogens is 1. The van der Waals surface area contributed by atoms with Gasteiger partial charge in [0, 0.05) is 4.47 Å². The van der Waals surface area contributed by atoms with Crippen LogP contribution < -0.4 is 14.2 Å². The zero-order valence-electron chi connectivity index (χ0n) is 11.5. The molecule has 0 bridgehead atoms. The summed E-state index contributed by atoms with van der Waals surface area (Å²) in [6.07, 6.45) is 0.765. The van der Waals surface area contributed by atoms with Crippen molar-refractivity contribution in [3.63, 3.8) is 0 Å². The predicted molar refractivity (Wildman–Crippen MR) is 83.5 cm³/mol. The molecule has 0 spiro atoms. The zero-order chi connectivity index (χ0) is 15.1. The fourth-order valence-electron chi connectivity index (χ4n) is 1.78. The molecule has 0 unspecified atom stereocenters. The Bertz CT molecular complexity index is 613. The van der Waals surface area contributed by atoms with Crippen molar-refractivity contribution >= 4 is 22.2 Å².